The summed E-state index contributed by atoms with van der Waals surface area (Å²) in [4.78, 5) is 40.8. The zero-order valence-electron chi connectivity index (χ0n) is 32.8. The van der Waals surface area contributed by atoms with Gasteiger partial charge in [0, 0.05) is 24.9 Å². The third kappa shape index (κ3) is 6.11. The van der Waals surface area contributed by atoms with Gasteiger partial charge in [-0.3, -0.25) is 14.4 Å². The number of carbonyl (C=O) groups is 3. The predicted molar refractivity (Wildman–Crippen MR) is 195 cm³/mol. The Labute approximate surface area is 298 Å². The molecule has 278 valence electrons. The lowest BCUT2D eigenvalue weighted by atomic mass is 9.32. The van der Waals surface area contributed by atoms with Crippen molar-refractivity contribution in [2.24, 2.45) is 68.0 Å². The number of carboxylic acids is 1. The van der Waals surface area contributed by atoms with Crippen LogP contribution < -0.4 is 0 Å². The molecule has 0 spiro atoms. The van der Waals surface area contributed by atoms with Gasteiger partial charge < -0.3 is 14.7 Å². The zero-order valence-corrected chi connectivity index (χ0v) is 32.8. The summed E-state index contributed by atoms with van der Waals surface area (Å²) in [6, 6.07) is 0. The standard InChI is InChI=1S/C43H71NO5/c1-28(2)29-15-20-43(25-34(45)44-23-11-10-12-24-44)22-21-41(8)30(37(29)43)13-14-32-40(7)18-17-33(39(5,6)31(40)16-19-42(32,41)9)49-36(48)27-38(3,4)26-35(46)47/h28-33,37H,10-27H2,1-9H3,(H,46,47)/t29-,30+,31-,32+,33-,37+,40-,41+,42+,43+/m0/s1. The van der Waals surface area contributed by atoms with Gasteiger partial charge in [0.25, 0.3) is 0 Å². The molecule has 6 heteroatoms. The minimum Gasteiger partial charge on any atom is -0.481 e. The fraction of sp³-hybridized carbons (Fsp3) is 0.930. The van der Waals surface area contributed by atoms with Gasteiger partial charge in [0.15, 0.2) is 0 Å². The lowest BCUT2D eigenvalue weighted by molar-refractivity contribution is -0.252. The van der Waals surface area contributed by atoms with Crippen LogP contribution in [0.25, 0.3) is 0 Å². The number of ether oxygens (including phenoxy) is 1. The molecule has 1 N–H and O–H groups in total. The lowest BCUT2D eigenvalue weighted by Crippen LogP contribution is -2.67. The van der Waals surface area contributed by atoms with Gasteiger partial charge in [0.2, 0.25) is 5.91 Å². The van der Waals surface area contributed by atoms with Crippen LogP contribution in [0.15, 0.2) is 0 Å². The molecular weight excluding hydrogens is 610 g/mol. The molecule has 5 aliphatic carbocycles. The van der Waals surface area contributed by atoms with Crippen LogP contribution in [0.5, 0.6) is 0 Å². The van der Waals surface area contributed by atoms with E-state index >= 15 is 0 Å². The number of carboxylic acid groups (broad SMARTS) is 1. The Morgan fingerprint density at radius 3 is 2.14 bits per heavy atom. The van der Waals surface area contributed by atoms with Gasteiger partial charge in [-0.15, -0.1) is 0 Å². The van der Waals surface area contributed by atoms with Crippen molar-refractivity contribution in [3.63, 3.8) is 0 Å². The maximum atomic E-state index is 13.9. The molecule has 49 heavy (non-hydrogen) atoms. The van der Waals surface area contributed by atoms with Gasteiger partial charge in [-0.2, -0.15) is 0 Å². The van der Waals surface area contributed by atoms with Crippen molar-refractivity contribution >= 4 is 17.8 Å². The number of amides is 1. The highest BCUT2D eigenvalue weighted by Gasteiger charge is 2.71. The molecule has 0 aromatic heterocycles. The number of rotatable bonds is 8. The number of esters is 1. The third-order valence-corrected chi connectivity index (χ3v) is 17.2. The van der Waals surface area contributed by atoms with E-state index in [4.69, 9.17) is 4.74 Å². The molecule has 1 amide bonds. The number of likely N-dealkylation sites (tertiary alicyclic amines) is 1. The molecule has 10 atom stereocenters. The highest BCUT2D eigenvalue weighted by Crippen LogP contribution is 2.78. The third-order valence-electron chi connectivity index (χ3n) is 17.2. The summed E-state index contributed by atoms with van der Waals surface area (Å²) < 4.78 is 6.29. The topological polar surface area (TPSA) is 83.9 Å². The largest absolute Gasteiger partial charge is 0.481 e. The van der Waals surface area contributed by atoms with Crippen LogP contribution in [0.2, 0.25) is 0 Å². The minimum atomic E-state index is -0.873. The fourth-order valence-corrected chi connectivity index (χ4v) is 14.6. The predicted octanol–water partition coefficient (Wildman–Crippen LogP) is 9.93. The van der Waals surface area contributed by atoms with Crippen molar-refractivity contribution in [2.75, 3.05) is 13.1 Å². The first-order valence-electron chi connectivity index (χ1n) is 20.5. The van der Waals surface area contributed by atoms with Crippen LogP contribution in [0.1, 0.15) is 165 Å². The van der Waals surface area contributed by atoms with E-state index in [1.54, 1.807) is 0 Å². The van der Waals surface area contributed by atoms with Crippen LogP contribution in [0.3, 0.4) is 0 Å². The number of carbonyl (C=O) groups excluding carboxylic acids is 2. The van der Waals surface area contributed by atoms with Crippen LogP contribution in [0.4, 0.5) is 0 Å². The SMILES string of the molecule is CC(C)[C@@H]1CC[C@]2(CC(=O)N3CCCCC3)CC[C@]3(C)[C@H](CC[C@@H]4[C@@]5(C)CC[C@H](OC(=O)CC(C)(C)CC(=O)O)C(C)(C)[C@@H]5CC[C@]43C)[C@@H]12. The second-order valence-electron chi connectivity index (χ2n) is 20.9. The molecule has 1 heterocycles. The molecule has 6 rings (SSSR count). The first-order chi connectivity index (χ1) is 22.8. The maximum Gasteiger partial charge on any atom is 0.306 e. The molecule has 0 aromatic rings. The van der Waals surface area contributed by atoms with Crippen molar-refractivity contribution in [3.8, 4) is 0 Å². The monoisotopic (exact) mass is 682 g/mol. The van der Waals surface area contributed by atoms with Crippen LogP contribution in [-0.2, 0) is 19.1 Å². The van der Waals surface area contributed by atoms with E-state index in [-0.39, 0.29) is 52.0 Å². The minimum absolute atomic E-state index is 0.0362. The zero-order chi connectivity index (χ0) is 35.8. The quantitative estimate of drug-likeness (QED) is 0.258. The smallest absolute Gasteiger partial charge is 0.306 e. The van der Waals surface area contributed by atoms with Crippen LogP contribution in [-0.4, -0.2) is 47.0 Å². The van der Waals surface area contributed by atoms with E-state index in [1.165, 1.54) is 70.6 Å². The highest BCUT2D eigenvalue weighted by atomic mass is 16.5. The Hall–Kier alpha value is -1.59. The average molecular weight is 682 g/mol. The number of nitrogens with zero attached hydrogens (tertiary/aromatic N) is 1. The second kappa shape index (κ2) is 12.8. The molecule has 6 aliphatic rings. The maximum absolute atomic E-state index is 13.9. The van der Waals surface area contributed by atoms with Gasteiger partial charge in [-0.05, 0) is 146 Å². The van der Waals surface area contributed by atoms with Crippen LogP contribution in [0, 0.1) is 68.0 Å². The summed E-state index contributed by atoms with van der Waals surface area (Å²) in [7, 11) is 0. The van der Waals surface area contributed by atoms with Crippen molar-refractivity contribution in [1.82, 2.24) is 4.90 Å². The Morgan fingerprint density at radius 1 is 0.796 bits per heavy atom. The lowest BCUT2D eigenvalue weighted by Gasteiger charge is -2.73. The summed E-state index contributed by atoms with van der Waals surface area (Å²) in [5.41, 5.74) is 0.150. The normalized spacial score (nSPS) is 43.2. The van der Waals surface area contributed by atoms with E-state index in [0.717, 1.165) is 38.3 Å². The molecular formula is C43H71NO5. The molecule has 6 nitrogen and oxygen atoms in total. The molecule has 0 radical (unpaired) electrons. The first kappa shape index (κ1) is 37.2. The summed E-state index contributed by atoms with van der Waals surface area (Å²) in [6.45, 7) is 23.3. The van der Waals surface area contributed by atoms with E-state index in [9.17, 15) is 19.5 Å². The van der Waals surface area contributed by atoms with E-state index in [1.807, 2.05) is 13.8 Å². The molecule has 1 saturated heterocycles. The first-order valence-corrected chi connectivity index (χ1v) is 20.5. The van der Waals surface area contributed by atoms with Gasteiger partial charge >= 0.3 is 11.9 Å². The Balaban J connectivity index is 1.23. The molecule has 5 saturated carbocycles. The molecule has 0 bridgehead atoms. The van der Waals surface area contributed by atoms with Gasteiger partial charge in [0.05, 0.1) is 12.8 Å². The van der Waals surface area contributed by atoms with Crippen molar-refractivity contribution in [2.45, 2.75) is 171 Å². The van der Waals surface area contributed by atoms with E-state index in [2.05, 4.69) is 53.4 Å². The fourth-order valence-electron chi connectivity index (χ4n) is 14.6. The number of piperidine rings is 1. The second-order valence-corrected chi connectivity index (χ2v) is 20.9. The number of hydrogen-bond donors (Lipinski definition) is 1. The van der Waals surface area contributed by atoms with Crippen molar-refractivity contribution in [3.05, 3.63) is 0 Å². The molecule has 0 unspecified atom stereocenters. The Morgan fingerprint density at radius 2 is 1.49 bits per heavy atom. The molecule has 0 aromatic carbocycles. The van der Waals surface area contributed by atoms with E-state index in [0.29, 0.717) is 35.5 Å². The highest BCUT2D eigenvalue weighted by molar-refractivity contribution is 5.77. The Bertz CT molecular complexity index is 1280. The van der Waals surface area contributed by atoms with Gasteiger partial charge in [-0.25, -0.2) is 0 Å². The number of aliphatic carboxylic acids is 1. The Kier molecular flexibility index (Phi) is 9.72. The molecule has 6 fully saturated rings. The van der Waals surface area contributed by atoms with Crippen molar-refractivity contribution < 1.29 is 24.2 Å². The summed E-state index contributed by atoms with van der Waals surface area (Å²) in [6.07, 6.45) is 16.3. The van der Waals surface area contributed by atoms with Crippen LogP contribution >= 0.6 is 0 Å². The summed E-state index contributed by atoms with van der Waals surface area (Å²) >= 11 is 0. The average Bonchev–Trinajstić information content (AvgIpc) is 3.38. The summed E-state index contributed by atoms with van der Waals surface area (Å²) in [5.74, 6) is 3.18. The van der Waals surface area contributed by atoms with Gasteiger partial charge in [0.1, 0.15) is 6.10 Å². The van der Waals surface area contributed by atoms with Crippen molar-refractivity contribution in [1.29, 1.82) is 0 Å². The molecule has 1 aliphatic heterocycles. The van der Waals surface area contributed by atoms with E-state index < -0.39 is 11.4 Å². The van der Waals surface area contributed by atoms with Gasteiger partial charge in [-0.1, -0.05) is 62.3 Å². The summed E-state index contributed by atoms with van der Waals surface area (Å²) in [5, 5.41) is 9.34. The number of hydrogen-bond acceptors (Lipinski definition) is 4. The number of fused-ring (bicyclic) bond motifs is 7.